The molecule has 1 aliphatic carbocycles. The lowest BCUT2D eigenvalue weighted by molar-refractivity contribution is 0.0815. The van der Waals surface area contributed by atoms with E-state index in [1.54, 1.807) is 0 Å². The number of hydrogen-bond donors (Lipinski definition) is 1. The van der Waals surface area contributed by atoms with E-state index < -0.39 is 0 Å². The number of unbranched alkanes of at least 4 members (excludes halogenated alkanes) is 1. The maximum atomic E-state index is 11.8. The second-order valence-electron chi connectivity index (χ2n) is 5.44. The van der Waals surface area contributed by atoms with Gasteiger partial charge in [-0.1, -0.05) is 52.4 Å². The van der Waals surface area contributed by atoms with Crippen molar-refractivity contribution in [3.05, 3.63) is 0 Å². The molecular formula is C15H29NO2. The number of ether oxygens (including phenoxy) is 1. The zero-order chi connectivity index (χ0) is 13.2. The molecule has 1 rings (SSSR count). The Hall–Kier alpha value is -0.730. The highest BCUT2D eigenvalue weighted by Gasteiger charge is 2.18. The van der Waals surface area contributed by atoms with E-state index in [1.807, 2.05) is 0 Å². The fourth-order valence-corrected chi connectivity index (χ4v) is 2.61. The third-order valence-corrected chi connectivity index (χ3v) is 3.69. The van der Waals surface area contributed by atoms with Gasteiger partial charge in [-0.05, 0) is 25.7 Å². The van der Waals surface area contributed by atoms with Gasteiger partial charge in [-0.3, -0.25) is 0 Å². The molecule has 1 fully saturated rings. The zero-order valence-electron chi connectivity index (χ0n) is 12.0. The first-order valence-electron chi connectivity index (χ1n) is 7.73. The first-order chi connectivity index (χ1) is 8.76. The van der Waals surface area contributed by atoms with Crippen LogP contribution in [0.3, 0.4) is 0 Å². The molecule has 1 unspecified atom stereocenters. The lowest BCUT2D eigenvalue weighted by Gasteiger charge is -2.24. The number of carbonyl (C=O) groups is 1. The van der Waals surface area contributed by atoms with Crippen LogP contribution in [0.5, 0.6) is 0 Å². The Morgan fingerprint density at radius 1 is 1.17 bits per heavy atom. The molecule has 0 aromatic heterocycles. The minimum absolute atomic E-state index is 0.110. The summed E-state index contributed by atoms with van der Waals surface area (Å²) in [6.07, 6.45) is 11.3. The van der Waals surface area contributed by atoms with Crippen molar-refractivity contribution in [2.75, 3.05) is 0 Å². The van der Waals surface area contributed by atoms with Gasteiger partial charge in [-0.2, -0.15) is 0 Å². The summed E-state index contributed by atoms with van der Waals surface area (Å²) in [5.74, 6) is 0. The number of amides is 1. The Balaban J connectivity index is 2.25. The van der Waals surface area contributed by atoms with Crippen LogP contribution in [0, 0.1) is 0 Å². The lowest BCUT2D eigenvalue weighted by Crippen LogP contribution is -2.38. The zero-order valence-corrected chi connectivity index (χ0v) is 12.0. The topological polar surface area (TPSA) is 38.3 Å². The Bertz CT molecular complexity index is 225. The van der Waals surface area contributed by atoms with Gasteiger partial charge in [0.15, 0.2) is 0 Å². The molecule has 3 nitrogen and oxygen atoms in total. The molecule has 1 atom stereocenters. The highest BCUT2D eigenvalue weighted by atomic mass is 16.6. The highest BCUT2D eigenvalue weighted by molar-refractivity contribution is 5.67. The van der Waals surface area contributed by atoms with Crippen molar-refractivity contribution < 1.29 is 9.53 Å². The minimum atomic E-state index is -0.198. The Labute approximate surface area is 112 Å². The number of carbonyl (C=O) groups excluding carboxylic acids is 1. The SMILES string of the molecule is CCCCC(CCC)OC(=O)NC1CCCCC1. The summed E-state index contributed by atoms with van der Waals surface area (Å²) in [5, 5.41) is 3.02. The van der Waals surface area contributed by atoms with E-state index in [2.05, 4.69) is 19.2 Å². The van der Waals surface area contributed by atoms with Crippen LogP contribution in [0.2, 0.25) is 0 Å². The number of alkyl carbamates (subject to hydrolysis) is 1. The number of rotatable bonds is 7. The maximum Gasteiger partial charge on any atom is 0.407 e. The molecule has 1 N–H and O–H groups in total. The third-order valence-electron chi connectivity index (χ3n) is 3.69. The van der Waals surface area contributed by atoms with Gasteiger partial charge in [-0.25, -0.2) is 4.79 Å². The fraction of sp³-hybridized carbons (Fsp3) is 0.933. The molecule has 0 aromatic carbocycles. The van der Waals surface area contributed by atoms with Gasteiger partial charge in [0.25, 0.3) is 0 Å². The number of hydrogen-bond acceptors (Lipinski definition) is 2. The van der Waals surface area contributed by atoms with Crippen molar-refractivity contribution in [1.29, 1.82) is 0 Å². The van der Waals surface area contributed by atoms with E-state index in [0.29, 0.717) is 6.04 Å². The van der Waals surface area contributed by atoms with Crippen molar-refractivity contribution in [1.82, 2.24) is 5.32 Å². The third kappa shape index (κ3) is 6.27. The maximum absolute atomic E-state index is 11.8. The summed E-state index contributed by atoms with van der Waals surface area (Å²) in [7, 11) is 0. The molecular weight excluding hydrogens is 226 g/mol. The van der Waals surface area contributed by atoms with E-state index in [0.717, 1.165) is 44.9 Å². The second kappa shape index (κ2) is 9.23. The summed E-state index contributed by atoms with van der Waals surface area (Å²) in [6, 6.07) is 0.347. The van der Waals surface area contributed by atoms with Crippen LogP contribution < -0.4 is 5.32 Å². The van der Waals surface area contributed by atoms with Crippen molar-refractivity contribution in [2.45, 2.75) is 90.2 Å². The summed E-state index contributed by atoms with van der Waals surface area (Å²) < 4.78 is 5.55. The molecule has 106 valence electrons. The Morgan fingerprint density at radius 2 is 1.89 bits per heavy atom. The van der Waals surface area contributed by atoms with Gasteiger partial charge in [0.1, 0.15) is 6.10 Å². The standard InChI is InChI=1S/C15H29NO2/c1-3-5-12-14(9-4-2)18-15(17)16-13-10-7-6-8-11-13/h13-14H,3-12H2,1-2H3,(H,16,17). The predicted octanol–water partition coefficient (Wildman–Crippen LogP) is 4.40. The largest absolute Gasteiger partial charge is 0.446 e. The predicted molar refractivity (Wildman–Crippen MR) is 74.7 cm³/mol. The number of nitrogens with one attached hydrogen (secondary N) is 1. The van der Waals surface area contributed by atoms with Gasteiger partial charge >= 0.3 is 6.09 Å². The normalized spacial score (nSPS) is 18.3. The average Bonchev–Trinajstić information content (AvgIpc) is 2.37. The van der Waals surface area contributed by atoms with E-state index in [4.69, 9.17) is 4.74 Å². The van der Waals surface area contributed by atoms with Crippen molar-refractivity contribution in [3.8, 4) is 0 Å². The molecule has 0 aromatic rings. The quantitative estimate of drug-likeness (QED) is 0.732. The van der Waals surface area contributed by atoms with E-state index in [9.17, 15) is 4.79 Å². The second-order valence-corrected chi connectivity index (χ2v) is 5.44. The van der Waals surface area contributed by atoms with Gasteiger partial charge in [0.05, 0.1) is 0 Å². The molecule has 0 bridgehead atoms. The van der Waals surface area contributed by atoms with Gasteiger partial charge < -0.3 is 10.1 Å². The molecule has 0 heterocycles. The molecule has 0 saturated heterocycles. The monoisotopic (exact) mass is 255 g/mol. The molecule has 18 heavy (non-hydrogen) atoms. The molecule has 1 aliphatic rings. The van der Waals surface area contributed by atoms with E-state index in [-0.39, 0.29) is 12.2 Å². The molecule has 0 spiro atoms. The lowest BCUT2D eigenvalue weighted by atomic mass is 9.96. The molecule has 1 amide bonds. The van der Waals surface area contributed by atoms with Crippen molar-refractivity contribution in [2.24, 2.45) is 0 Å². The first kappa shape index (κ1) is 15.3. The van der Waals surface area contributed by atoms with Crippen LogP contribution in [-0.2, 0) is 4.74 Å². The first-order valence-corrected chi connectivity index (χ1v) is 7.73. The van der Waals surface area contributed by atoms with E-state index >= 15 is 0 Å². The summed E-state index contributed by atoms with van der Waals surface area (Å²) in [4.78, 5) is 11.8. The summed E-state index contributed by atoms with van der Waals surface area (Å²) in [5.41, 5.74) is 0. The van der Waals surface area contributed by atoms with Gasteiger partial charge in [-0.15, -0.1) is 0 Å². The summed E-state index contributed by atoms with van der Waals surface area (Å²) >= 11 is 0. The van der Waals surface area contributed by atoms with E-state index in [1.165, 1.54) is 19.3 Å². The molecule has 0 aliphatic heterocycles. The average molecular weight is 255 g/mol. The van der Waals surface area contributed by atoms with Crippen LogP contribution in [0.25, 0.3) is 0 Å². The Morgan fingerprint density at radius 3 is 2.50 bits per heavy atom. The molecule has 1 saturated carbocycles. The fourth-order valence-electron chi connectivity index (χ4n) is 2.61. The summed E-state index contributed by atoms with van der Waals surface area (Å²) in [6.45, 7) is 4.31. The Kier molecular flexibility index (Phi) is 7.86. The van der Waals surface area contributed by atoms with Gasteiger partial charge in [0.2, 0.25) is 0 Å². The van der Waals surface area contributed by atoms with Crippen LogP contribution >= 0.6 is 0 Å². The van der Waals surface area contributed by atoms with Gasteiger partial charge in [0, 0.05) is 6.04 Å². The molecule has 3 heteroatoms. The van der Waals surface area contributed by atoms with Crippen LogP contribution in [0.4, 0.5) is 4.79 Å². The highest BCUT2D eigenvalue weighted by Crippen LogP contribution is 2.18. The van der Waals surface area contributed by atoms with Crippen LogP contribution in [-0.4, -0.2) is 18.2 Å². The van der Waals surface area contributed by atoms with Crippen molar-refractivity contribution >= 4 is 6.09 Å². The van der Waals surface area contributed by atoms with Crippen molar-refractivity contribution in [3.63, 3.8) is 0 Å². The smallest absolute Gasteiger partial charge is 0.407 e. The minimum Gasteiger partial charge on any atom is -0.446 e. The van der Waals surface area contributed by atoms with Crippen LogP contribution in [0.15, 0.2) is 0 Å². The molecule has 0 radical (unpaired) electrons. The van der Waals surface area contributed by atoms with Crippen LogP contribution in [0.1, 0.15) is 78.1 Å².